The van der Waals surface area contributed by atoms with Crippen molar-refractivity contribution in [2.45, 2.75) is 19.3 Å². The number of halogens is 1. The zero-order valence-electron chi connectivity index (χ0n) is 10.7. The summed E-state index contributed by atoms with van der Waals surface area (Å²) in [4.78, 5) is 7.27. The maximum atomic E-state index is 4.73. The molecule has 2 aromatic rings. The van der Waals surface area contributed by atoms with Crippen LogP contribution in [0.4, 0.5) is 0 Å². The van der Waals surface area contributed by atoms with E-state index in [0.717, 1.165) is 23.0 Å². The number of imidazole rings is 1. The summed E-state index contributed by atoms with van der Waals surface area (Å²) in [6.45, 7) is 3.66. The van der Waals surface area contributed by atoms with Crippen molar-refractivity contribution < 1.29 is 0 Å². The third-order valence-corrected chi connectivity index (χ3v) is 4.28. The standard InChI is InChI=1S/C14H18BrN3/c1-17-13-10-11(15)4-5-12(13)16-14(17)6-9-18-7-2-3-8-18/h4-5,10H,2-3,6-9H2,1H3. The highest BCUT2D eigenvalue weighted by Crippen LogP contribution is 2.20. The predicted octanol–water partition coefficient (Wildman–Crippen LogP) is 2.97. The van der Waals surface area contributed by atoms with Gasteiger partial charge in [-0.1, -0.05) is 15.9 Å². The number of fused-ring (bicyclic) bond motifs is 1. The molecular formula is C14H18BrN3. The monoisotopic (exact) mass is 307 g/mol. The lowest BCUT2D eigenvalue weighted by molar-refractivity contribution is 0.340. The average molecular weight is 308 g/mol. The van der Waals surface area contributed by atoms with E-state index in [-0.39, 0.29) is 0 Å². The number of hydrogen-bond donors (Lipinski definition) is 0. The summed E-state index contributed by atoms with van der Waals surface area (Å²) in [6.07, 6.45) is 3.76. The summed E-state index contributed by atoms with van der Waals surface area (Å²) in [6, 6.07) is 6.28. The van der Waals surface area contributed by atoms with Crippen LogP contribution >= 0.6 is 15.9 Å². The largest absolute Gasteiger partial charge is 0.331 e. The first-order chi connectivity index (χ1) is 8.74. The lowest BCUT2D eigenvalue weighted by Crippen LogP contribution is -2.22. The average Bonchev–Trinajstić information content (AvgIpc) is 2.97. The predicted molar refractivity (Wildman–Crippen MR) is 77.8 cm³/mol. The van der Waals surface area contributed by atoms with Crippen molar-refractivity contribution in [3.63, 3.8) is 0 Å². The lowest BCUT2D eigenvalue weighted by atomic mass is 10.3. The summed E-state index contributed by atoms with van der Waals surface area (Å²) in [7, 11) is 2.11. The van der Waals surface area contributed by atoms with Gasteiger partial charge in [0.05, 0.1) is 11.0 Å². The molecule has 0 bridgehead atoms. The molecule has 3 nitrogen and oxygen atoms in total. The molecule has 1 fully saturated rings. The SMILES string of the molecule is Cn1c(CCN2CCCC2)nc2ccc(Br)cc21. The number of nitrogens with zero attached hydrogens (tertiary/aromatic N) is 3. The fourth-order valence-corrected chi connectivity index (χ4v) is 3.05. The second kappa shape index (κ2) is 5.02. The molecule has 0 spiro atoms. The van der Waals surface area contributed by atoms with Crippen molar-refractivity contribution >= 4 is 27.0 Å². The number of likely N-dealkylation sites (tertiary alicyclic amines) is 1. The molecule has 1 aliphatic rings. The Hall–Kier alpha value is -0.870. The minimum atomic E-state index is 1.04. The van der Waals surface area contributed by atoms with Crippen molar-refractivity contribution in [3.8, 4) is 0 Å². The second-order valence-corrected chi connectivity index (χ2v) is 5.93. The molecule has 0 radical (unpaired) electrons. The van der Waals surface area contributed by atoms with Gasteiger partial charge in [-0.3, -0.25) is 0 Å². The number of aryl methyl sites for hydroxylation is 1. The third-order valence-electron chi connectivity index (χ3n) is 3.79. The van der Waals surface area contributed by atoms with Gasteiger partial charge in [-0.15, -0.1) is 0 Å². The van der Waals surface area contributed by atoms with Crippen LogP contribution in [0.2, 0.25) is 0 Å². The van der Waals surface area contributed by atoms with Gasteiger partial charge < -0.3 is 9.47 Å². The number of aromatic nitrogens is 2. The van der Waals surface area contributed by atoms with Gasteiger partial charge in [-0.25, -0.2) is 4.98 Å². The Kier molecular flexibility index (Phi) is 3.39. The van der Waals surface area contributed by atoms with Crippen LogP contribution in [0, 0.1) is 0 Å². The zero-order valence-corrected chi connectivity index (χ0v) is 12.3. The molecule has 18 heavy (non-hydrogen) atoms. The Morgan fingerprint density at radius 3 is 2.83 bits per heavy atom. The van der Waals surface area contributed by atoms with Gasteiger partial charge in [-0.05, 0) is 44.1 Å². The molecule has 1 aromatic heterocycles. The molecule has 0 unspecified atom stereocenters. The van der Waals surface area contributed by atoms with Crippen LogP contribution in [0.1, 0.15) is 18.7 Å². The molecule has 3 rings (SSSR count). The van der Waals surface area contributed by atoms with E-state index in [1.807, 2.05) is 0 Å². The fraction of sp³-hybridized carbons (Fsp3) is 0.500. The maximum Gasteiger partial charge on any atom is 0.110 e. The molecule has 0 saturated carbocycles. The van der Waals surface area contributed by atoms with Crippen molar-refractivity contribution in [1.82, 2.24) is 14.5 Å². The lowest BCUT2D eigenvalue weighted by Gasteiger charge is -2.13. The molecule has 0 atom stereocenters. The van der Waals surface area contributed by atoms with Gasteiger partial charge in [0.1, 0.15) is 5.82 Å². The van der Waals surface area contributed by atoms with Crippen LogP contribution in [0.5, 0.6) is 0 Å². The molecule has 1 aromatic carbocycles. The van der Waals surface area contributed by atoms with Gasteiger partial charge in [0.2, 0.25) is 0 Å². The summed E-state index contributed by atoms with van der Waals surface area (Å²) >= 11 is 3.52. The van der Waals surface area contributed by atoms with Crippen LogP contribution in [0.3, 0.4) is 0 Å². The van der Waals surface area contributed by atoms with E-state index in [0.29, 0.717) is 0 Å². The molecule has 1 saturated heterocycles. The van der Waals surface area contributed by atoms with E-state index in [4.69, 9.17) is 4.98 Å². The highest BCUT2D eigenvalue weighted by molar-refractivity contribution is 9.10. The Labute approximate surface area is 116 Å². The quantitative estimate of drug-likeness (QED) is 0.869. The van der Waals surface area contributed by atoms with E-state index in [1.54, 1.807) is 0 Å². The first kappa shape index (κ1) is 12.2. The summed E-state index contributed by atoms with van der Waals surface area (Å²) < 4.78 is 3.33. The molecular weight excluding hydrogens is 290 g/mol. The number of hydrogen-bond acceptors (Lipinski definition) is 2. The van der Waals surface area contributed by atoms with Gasteiger partial charge in [0, 0.05) is 24.5 Å². The zero-order chi connectivity index (χ0) is 12.5. The molecule has 4 heteroatoms. The Balaban J connectivity index is 1.81. The molecule has 0 aliphatic carbocycles. The minimum absolute atomic E-state index is 1.04. The Morgan fingerprint density at radius 2 is 2.06 bits per heavy atom. The van der Waals surface area contributed by atoms with Crippen molar-refractivity contribution in [2.75, 3.05) is 19.6 Å². The first-order valence-corrected chi connectivity index (χ1v) is 7.36. The van der Waals surface area contributed by atoms with Gasteiger partial charge in [-0.2, -0.15) is 0 Å². The van der Waals surface area contributed by atoms with Crippen LogP contribution in [-0.2, 0) is 13.5 Å². The molecule has 0 amide bonds. The summed E-state index contributed by atoms with van der Waals surface area (Å²) in [5, 5.41) is 0. The highest BCUT2D eigenvalue weighted by Gasteiger charge is 2.13. The maximum absolute atomic E-state index is 4.73. The Bertz CT molecular complexity index is 555. The molecule has 1 aliphatic heterocycles. The van der Waals surface area contributed by atoms with E-state index < -0.39 is 0 Å². The van der Waals surface area contributed by atoms with E-state index in [2.05, 4.69) is 50.6 Å². The fourth-order valence-electron chi connectivity index (χ4n) is 2.70. The van der Waals surface area contributed by atoms with Gasteiger partial charge in [0.25, 0.3) is 0 Å². The third kappa shape index (κ3) is 2.31. The molecule has 2 heterocycles. The summed E-state index contributed by atoms with van der Waals surface area (Å²) in [5.41, 5.74) is 2.30. The first-order valence-electron chi connectivity index (χ1n) is 6.57. The summed E-state index contributed by atoms with van der Waals surface area (Å²) in [5.74, 6) is 1.19. The van der Waals surface area contributed by atoms with E-state index >= 15 is 0 Å². The van der Waals surface area contributed by atoms with Crippen molar-refractivity contribution in [1.29, 1.82) is 0 Å². The molecule has 0 N–H and O–H groups in total. The van der Waals surface area contributed by atoms with Crippen LogP contribution in [-0.4, -0.2) is 34.1 Å². The smallest absolute Gasteiger partial charge is 0.110 e. The topological polar surface area (TPSA) is 21.1 Å². The van der Waals surface area contributed by atoms with Crippen LogP contribution < -0.4 is 0 Å². The second-order valence-electron chi connectivity index (χ2n) is 5.02. The van der Waals surface area contributed by atoms with Crippen molar-refractivity contribution in [3.05, 3.63) is 28.5 Å². The van der Waals surface area contributed by atoms with Gasteiger partial charge in [0.15, 0.2) is 0 Å². The molecule has 96 valence electrons. The normalized spacial score (nSPS) is 16.8. The number of benzene rings is 1. The van der Waals surface area contributed by atoms with Crippen molar-refractivity contribution in [2.24, 2.45) is 7.05 Å². The Morgan fingerprint density at radius 1 is 1.28 bits per heavy atom. The van der Waals surface area contributed by atoms with E-state index in [9.17, 15) is 0 Å². The van der Waals surface area contributed by atoms with Crippen LogP contribution in [0.15, 0.2) is 22.7 Å². The minimum Gasteiger partial charge on any atom is -0.331 e. The highest BCUT2D eigenvalue weighted by atomic mass is 79.9. The van der Waals surface area contributed by atoms with Gasteiger partial charge >= 0.3 is 0 Å². The number of rotatable bonds is 3. The van der Waals surface area contributed by atoms with Crippen LogP contribution in [0.25, 0.3) is 11.0 Å². The van der Waals surface area contributed by atoms with E-state index in [1.165, 1.54) is 37.3 Å².